The van der Waals surface area contributed by atoms with Crippen molar-refractivity contribution < 1.29 is 4.79 Å². The maximum absolute atomic E-state index is 11.0. The zero-order chi connectivity index (χ0) is 22.5. The first-order valence-electron chi connectivity index (χ1n) is 11.0. The molecule has 0 aromatic heterocycles. The Morgan fingerprint density at radius 1 is 0.412 bits per heavy atom. The normalized spacial score (nSPS) is 10.8. The number of benzene rings is 5. The first kappa shape index (κ1) is 23.4. The second-order valence-electron chi connectivity index (χ2n) is 7.96. The van der Waals surface area contributed by atoms with Gasteiger partial charge in [-0.25, -0.2) is 0 Å². The zero-order valence-electron chi connectivity index (χ0n) is 18.2. The van der Waals surface area contributed by atoms with Crippen LogP contribution in [-0.4, -0.2) is 6.29 Å². The monoisotopic (exact) mass is 459 g/mol. The van der Waals surface area contributed by atoms with Crippen molar-refractivity contribution in [1.29, 1.82) is 0 Å². The Morgan fingerprint density at radius 2 is 0.735 bits per heavy atom. The third kappa shape index (κ3) is 4.23. The van der Waals surface area contributed by atoms with Crippen molar-refractivity contribution in [3.63, 3.8) is 0 Å². The molecule has 5 aromatic carbocycles. The van der Waals surface area contributed by atoms with Gasteiger partial charge in [-0.1, -0.05) is 98.4 Å². The molecule has 0 amide bonds. The van der Waals surface area contributed by atoms with Crippen LogP contribution in [-0.2, 0) is 0 Å². The van der Waals surface area contributed by atoms with Crippen LogP contribution < -0.4 is 21.2 Å². The fourth-order valence-electron chi connectivity index (χ4n) is 4.48. The average molecular weight is 460 g/mol. The highest BCUT2D eigenvalue weighted by Crippen LogP contribution is 2.54. The molecule has 0 N–H and O–H groups in total. The minimum atomic E-state index is -2.08. The van der Waals surface area contributed by atoms with Crippen molar-refractivity contribution in [1.82, 2.24) is 0 Å². The van der Waals surface area contributed by atoms with Crippen LogP contribution >= 0.6 is 7.26 Å². The van der Waals surface area contributed by atoms with Gasteiger partial charge in [0.15, 0.2) is 0 Å². The molecule has 2 heteroatoms. The number of aldehydes is 1. The summed E-state index contributed by atoms with van der Waals surface area (Å²) in [7, 11) is -2.08. The first-order chi connectivity index (χ1) is 16.3. The van der Waals surface area contributed by atoms with Crippen molar-refractivity contribution in [3.8, 4) is 11.1 Å². The summed E-state index contributed by atoms with van der Waals surface area (Å²) < 4.78 is 0. The molecule has 0 aliphatic carbocycles. The van der Waals surface area contributed by atoms with Crippen LogP contribution in [0.15, 0.2) is 140 Å². The van der Waals surface area contributed by atoms with Crippen LogP contribution in [0.5, 0.6) is 0 Å². The van der Waals surface area contributed by atoms with Crippen molar-refractivity contribution >= 4 is 34.8 Å². The number of hydrogen-bond donors (Lipinski definition) is 0. The van der Waals surface area contributed by atoms with Gasteiger partial charge in [-0.2, -0.15) is 0 Å². The van der Waals surface area contributed by atoms with Gasteiger partial charge in [-0.05, 0) is 59.7 Å². The summed E-state index contributed by atoms with van der Waals surface area (Å²) in [6.07, 6.45) is 0.880. The molecular formula is C32H28OP+. The van der Waals surface area contributed by atoms with E-state index < -0.39 is 7.26 Å². The fraction of sp³-hybridized carbons (Fsp3) is 0.0312. The van der Waals surface area contributed by atoms with Crippen LogP contribution in [0.4, 0.5) is 0 Å². The quantitative estimate of drug-likeness (QED) is 0.211. The third-order valence-electron chi connectivity index (χ3n) is 6.07. The molecule has 0 fully saturated rings. The van der Waals surface area contributed by atoms with E-state index in [9.17, 15) is 4.79 Å². The van der Waals surface area contributed by atoms with Crippen molar-refractivity contribution in [2.75, 3.05) is 0 Å². The van der Waals surface area contributed by atoms with E-state index >= 15 is 0 Å². The predicted octanol–water partition coefficient (Wildman–Crippen LogP) is 6.42. The second-order valence-corrected chi connectivity index (χ2v) is 11.4. The van der Waals surface area contributed by atoms with Crippen LogP contribution in [0.3, 0.4) is 0 Å². The molecule has 34 heavy (non-hydrogen) atoms. The lowest BCUT2D eigenvalue weighted by Gasteiger charge is -2.27. The van der Waals surface area contributed by atoms with Crippen LogP contribution in [0, 0.1) is 0 Å². The van der Waals surface area contributed by atoms with Crippen molar-refractivity contribution in [2.45, 2.75) is 7.43 Å². The zero-order valence-corrected chi connectivity index (χ0v) is 19.1. The van der Waals surface area contributed by atoms with E-state index in [1.165, 1.54) is 21.2 Å². The number of rotatable bonds is 6. The largest absolute Gasteiger partial charge is 0.298 e. The molecule has 0 saturated heterocycles. The molecule has 0 radical (unpaired) electrons. The van der Waals surface area contributed by atoms with Gasteiger partial charge < -0.3 is 0 Å². The Hall–Kier alpha value is -3.80. The van der Waals surface area contributed by atoms with Crippen molar-refractivity contribution in [3.05, 3.63) is 145 Å². The summed E-state index contributed by atoms with van der Waals surface area (Å²) in [4.78, 5) is 11.0. The molecule has 0 heterocycles. The highest BCUT2D eigenvalue weighted by Gasteiger charge is 2.47. The fourth-order valence-corrected chi connectivity index (χ4v) is 8.72. The minimum Gasteiger partial charge on any atom is -0.298 e. The van der Waals surface area contributed by atoms with E-state index in [-0.39, 0.29) is 7.43 Å². The maximum atomic E-state index is 11.0. The molecule has 5 rings (SSSR count). The van der Waals surface area contributed by atoms with Crippen LogP contribution in [0.25, 0.3) is 11.1 Å². The molecule has 0 spiro atoms. The summed E-state index contributed by atoms with van der Waals surface area (Å²) in [5, 5.41) is 5.33. The van der Waals surface area contributed by atoms with Gasteiger partial charge in [0.1, 0.15) is 34.8 Å². The third-order valence-corrected chi connectivity index (χ3v) is 10.4. The Kier molecular flexibility index (Phi) is 7.16. The van der Waals surface area contributed by atoms with Gasteiger partial charge in [0.05, 0.1) is 0 Å². The van der Waals surface area contributed by atoms with Gasteiger partial charge in [0.25, 0.3) is 0 Å². The topological polar surface area (TPSA) is 17.1 Å². The molecule has 0 saturated carbocycles. The number of carbonyl (C=O) groups excluding carboxylic acids is 1. The van der Waals surface area contributed by atoms with Gasteiger partial charge >= 0.3 is 0 Å². The number of hydrogen-bond acceptors (Lipinski definition) is 1. The SMILES string of the molecule is C.O=Cc1ccc(-c2ccc([P+](c3ccccc3)(c3ccccc3)c3ccccc3)cc2)cc1. The Balaban J connectivity index is 0.00000274. The van der Waals surface area contributed by atoms with Gasteiger partial charge in [-0.3, -0.25) is 4.79 Å². The summed E-state index contributed by atoms with van der Waals surface area (Å²) in [5.74, 6) is 0. The second kappa shape index (κ2) is 10.4. The first-order valence-corrected chi connectivity index (χ1v) is 12.8. The van der Waals surface area contributed by atoms with Gasteiger partial charge in [0, 0.05) is 5.56 Å². The smallest absolute Gasteiger partial charge is 0.150 e. The van der Waals surface area contributed by atoms with Gasteiger partial charge in [0.2, 0.25) is 0 Å². The van der Waals surface area contributed by atoms with E-state index in [1.54, 1.807) is 0 Å². The predicted molar refractivity (Wildman–Crippen MR) is 149 cm³/mol. The molecule has 0 unspecified atom stereocenters. The summed E-state index contributed by atoms with van der Waals surface area (Å²) >= 11 is 0. The standard InChI is InChI=1S/C31H24OP.CH4/c32-24-25-16-18-26(19-17-25)27-20-22-31(23-21-27)33(28-10-4-1-5-11-28,29-12-6-2-7-13-29)30-14-8-3-9-15-30;/h1-24H;1H4/q+1;. The molecule has 5 aromatic rings. The lowest BCUT2D eigenvalue weighted by Crippen LogP contribution is -2.38. The number of carbonyl (C=O) groups is 1. The average Bonchev–Trinajstić information content (AvgIpc) is 2.91. The molecule has 166 valence electrons. The molecular weight excluding hydrogens is 431 g/mol. The highest BCUT2D eigenvalue weighted by molar-refractivity contribution is 8.01. The summed E-state index contributed by atoms with van der Waals surface area (Å²) in [6, 6.07) is 49.4. The van der Waals surface area contributed by atoms with E-state index in [2.05, 4.69) is 115 Å². The molecule has 0 atom stereocenters. The lowest BCUT2D eigenvalue weighted by molar-refractivity contribution is 0.112. The van der Waals surface area contributed by atoms with E-state index in [0.29, 0.717) is 5.56 Å². The summed E-state index contributed by atoms with van der Waals surface area (Å²) in [5.41, 5.74) is 2.94. The van der Waals surface area contributed by atoms with E-state index in [1.807, 2.05) is 24.3 Å². The van der Waals surface area contributed by atoms with Gasteiger partial charge in [-0.15, -0.1) is 0 Å². The molecule has 0 aliphatic rings. The van der Waals surface area contributed by atoms with Crippen LogP contribution in [0.1, 0.15) is 17.8 Å². The van der Waals surface area contributed by atoms with Crippen LogP contribution in [0.2, 0.25) is 0 Å². The van der Waals surface area contributed by atoms with E-state index in [0.717, 1.165) is 17.4 Å². The Labute approximate surface area is 203 Å². The Bertz CT molecular complexity index is 1230. The van der Waals surface area contributed by atoms with E-state index in [4.69, 9.17) is 0 Å². The molecule has 0 aliphatic heterocycles. The highest BCUT2D eigenvalue weighted by atomic mass is 31.2. The molecule has 1 nitrogen and oxygen atoms in total. The lowest BCUT2D eigenvalue weighted by atomic mass is 10.0. The minimum absolute atomic E-state index is 0. The maximum Gasteiger partial charge on any atom is 0.150 e. The summed E-state index contributed by atoms with van der Waals surface area (Å²) in [6.45, 7) is 0. The molecule has 0 bridgehead atoms. The van der Waals surface area contributed by atoms with Crippen molar-refractivity contribution in [2.24, 2.45) is 0 Å². The Morgan fingerprint density at radius 3 is 1.09 bits per heavy atom.